The lowest BCUT2D eigenvalue weighted by Gasteiger charge is -2.13. The molecule has 1 aromatic rings. The Morgan fingerprint density at radius 2 is 2.05 bits per heavy atom. The van der Waals surface area contributed by atoms with Crippen molar-refractivity contribution in [2.75, 3.05) is 12.4 Å². The lowest BCUT2D eigenvalue weighted by atomic mass is 10.1. The summed E-state index contributed by atoms with van der Waals surface area (Å²) in [7, 11) is 1.42. The first-order valence-electron chi connectivity index (χ1n) is 6.00. The van der Waals surface area contributed by atoms with Gasteiger partial charge in [-0.05, 0) is 25.8 Å². The topological polar surface area (TPSA) is 87.7 Å². The lowest BCUT2D eigenvalue weighted by Crippen LogP contribution is -2.30. The Morgan fingerprint density at radius 1 is 1.37 bits per heavy atom. The summed E-state index contributed by atoms with van der Waals surface area (Å²) in [5.41, 5.74) is 0.492. The van der Waals surface area contributed by atoms with Crippen LogP contribution < -0.4 is 15.4 Å². The number of hydrogen-bond acceptors (Lipinski definition) is 4. The van der Waals surface area contributed by atoms with Gasteiger partial charge in [-0.15, -0.1) is 0 Å². The van der Waals surface area contributed by atoms with Crippen LogP contribution in [-0.2, 0) is 0 Å². The number of nitrogens with one attached hydrogen (secondary N) is 2. The molecule has 102 valence electrons. The predicted molar refractivity (Wildman–Crippen MR) is 69.8 cm³/mol. The molecule has 1 fully saturated rings. The van der Waals surface area contributed by atoms with Crippen molar-refractivity contribution in [2.24, 2.45) is 0 Å². The molecule has 3 N–H and O–H groups in total. The number of benzene rings is 1. The number of rotatable bonds is 4. The number of anilines is 1. The quantitative estimate of drug-likeness (QED) is 0.572. The summed E-state index contributed by atoms with van der Waals surface area (Å²) in [5, 5.41) is 15.1. The van der Waals surface area contributed by atoms with Crippen LogP contribution in [0.25, 0.3) is 0 Å². The number of carbonyl (C=O) groups is 2. The van der Waals surface area contributed by atoms with E-state index in [0.717, 1.165) is 12.8 Å². The van der Waals surface area contributed by atoms with Gasteiger partial charge in [-0.1, -0.05) is 0 Å². The molecule has 2 amide bonds. The van der Waals surface area contributed by atoms with Gasteiger partial charge in [0.2, 0.25) is 0 Å². The highest BCUT2D eigenvalue weighted by molar-refractivity contribution is 6.00. The SMILES string of the molecule is COc1cc(O)c(C(C)=O)cc1NC(=O)NC1CC1. The summed E-state index contributed by atoms with van der Waals surface area (Å²) in [6.07, 6.45) is 1.97. The van der Waals surface area contributed by atoms with E-state index < -0.39 is 0 Å². The minimum absolute atomic E-state index is 0.141. The number of ketones is 1. The Morgan fingerprint density at radius 3 is 2.58 bits per heavy atom. The highest BCUT2D eigenvalue weighted by Crippen LogP contribution is 2.32. The fourth-order valence-electron chi connectivity index (χ4n) is 1.69. The maximum absolute atomic E-state index is 11.7. The molecule has 0 atom stereocenters. The molecule has 6 nitrogen and oxygen atoms in total. The zero-order chi connectivity index (χ0) is 14.0. The second-order valence-corrected chi connectivity index (χ2v) is 4.50. The van der Waals surface area contributed by atoms with Gasteiger partial charge >= 0.3 is 6.03 Å². The zero-order valence-electron chi connectivity index (χ0n) is 10.8. The average Bonchev–Trinajstić information content (AvgIpc) is 3.14. The molecule has 1 saturated carbocycles. The number of Topliss-reactive ketones (excluding diaryl/α,β-unsaturated/α-hetero) is 1. The number of methoxy groups -OCH3 is 1. The van der Waals surface area contributed by atoms with E-state index in [4.69, 9.17) is 4.74 Å². The maximum Gasteiger partial charge on any atom is 0.319 e. The van der Waals surface area contributed by atoms with Crippen molar-refractivity contribution in [2.45, 2.75) is 25.8 Å². The van der Waals surface area contributed by atoms with Crippen LogP contribution in [0.5, 0.6) is 11.5 Å². The third kappa shape index (κ3) is 3.15. The van der Waals surface area contributed by atoms with Crippen LogP contribution in [0.1, 0.15) is 30.1 Å². The first-order chi connectivity index (χ1) is 9.01. The number of urea groups is 1. The molecular formula is C13H16N2O4. The number of phenols is 1. The van der Waals surface area contributed by atoms with Gasteiger partial charge in [0.25, 0.3) is 0 Å². The average molecular weight is 264 g/mol. The van der Waals surface area contributed by atoms with Crippen molar-refractivity contribution < 1.29 is 19.4 Å². The summed E-state index contributed by atoms with van der Waals surface area (Å²) < 4.78 is 5.07. The summed E-state index contributed by atoms with van der Waals surface area (Å²) >= 11 is 0. The molecule has 0 radical (unpaired) electrons. The molecule has 0 unspecified atom stereocenters. The van der Waals surface area contributed by atoms with E-state index in [1.165, 1.54) is 26.2 Å². The molecule has 6 heteroatoms. The fourth-order valence-corrected chi connectivity index (χ4v) is 1.69. The normalized spacial score (nSPS) is 13.8. The second kappa shape index (κ2) is 5.17. The number of ether oxygens (including phenoxy) is 1. The van der Waals surface area contributed by atoms with Gasteiger partial charge in [-0.3, -0.25) is 4.79 Å². The number of phenolic OH excluding ortho intramolecular Hbond substituents is 1. The Kier molecular flexibility index (Phi) is 3.59. The minimum Gasteiger partial charge on any atom is -0.507 e. The Bertz CT molecular complexity index is 524. The van der Waals surface area contributed by atoms with Gasteiger partial charge in [0.15, 0.2) is 5.78 Å². The van der Waals surface area contributed by atoms with E-state index in [0.29, 0.717) is 11.4 Å². The van der Waals surface area contributed by atoms with Gasteiger partial charge in [0, 0.05) is 12.1 Å². The fraction of sp³-hybridized carbons (Fsp3) is 0.385. The van der Waals surface area contributed by atoms with E-state index >= 15 is 0 Å². The molecule has 0 bridgehead atoms. The molecule has 0 aliphatic heterocycles. The van der Waals surface area contributed by atoms with Crippen molar-refractivity contribution in [3.63, 3.8) is 0 Å². The summed E-state index contributed by atoms with van der Waals surface area (Å²) in [5.74, 6) is -0.156. The van der Waals surface area contributed by atoms with Crippen molar-refractivity contribution >= 4 is 17.5 Å². The monoisotopic (exact) mass is 264 g/mol. The molecule has 1 aliphatic rings. The first-order valence-corrected chi connectivity index (χ1v) is 6.00. The van der Waals surface area contributed by atoms with E-state index in [1.807, 2.05) is 0 Å². The molecule has 0 spiro atoms. The standard InChI is InChI=1S/C13H16N2O4/c1-7(16)9-5-10(12(19-2)6-11(9)17)15-13(18)14-8-3-4-8/h5-6,8,17H,3-4H2,1-2H3,(H2,14,15,18). The maximum atomic E-state index is 11.7. The number of hydrogen-bond donors (Lipinski definition) is 3. The van der Waals surface area contributed by atoms with Gasteiger partial charge in [0.05, 0.1) is 18.4 Å². The number of carbonyl (C=O) groups excluding carboxylic acids is 2. The van der Waals surface area contributed by atoms with E-state index in [-0.39, 0.29) is 29.2 Å². The van der Waals surface area contributed by atoms with Crippen LogP contribution in [0.15, 0.2) is 12.1 Å². The van der Waals surface area contributed by atoms with Gasteiger partial charge in [-0.2, -0.15) is 0 Å². The van der Waals surface area contributed by atoms with Crippen LogP contribution >= 0.6 is 0 Å². The number of amides is 2. The highest BCUT2D eigenvalue weighted by Gasteiger charge is 2.24. The van der Waals surface area contributed by atoms with Crippen LogP contribution in [0.4, 0.5) is 10.5 Å². The minimum atomic E-state index is -0.346. The van der Waals surface area contributed by atoms with Gasteiger partial charge in [-0.25, -0.2) is 4.79 Å². The Labute approximate surface area is 110 Å². The molecular weight excluding hydrogens is 248 g/mol. The van der Waals surface area contributed by atoms with E-state index in [9.17, 15) is 14.7 Å². The summed E-state index contributed by atoms with van der Waals surface area (Å²) in [4.78, 5) is 23.0. The third-order valence-corrected chi connectivity index (χ3v) is 2.86. The van der Waals surface area contributed by atoms with Crippen molar-refractivity contribution in [1.29, 1.82) is 0 Å². The lowest BCUT2D eigenvalue weighted by molar-refractivity contribution is 0.101. The molecule has 19 heavy (non-hydrogen) atoms. The predicted octanol–water partition coefficient (Wildman–Crippen LogP) is 1.89. The van der Waals surface area contributed by atoms with E-state index in [2.05, 4.69) is 10.6 Å². The number of aromatic hydroxyl groups is 1. The largest absolute Gasteiger partial charge is 0.507 e. The molecule has 1 aromatic carbocycles. The molecule has 2 rings (SSSR count). The van der Waals surface area contributed by atoms with E-state index in [1.54, 1.807) is 0 Å². The molecule has 1 aliphatic carbocycles. The highest BCUT2D eigenvalue weighted by atomic mass is 16.5. The van der Waals surface area contributed by atoms with Gasteiger partial charge in [0.1, 0.15) is 11.5 Å². The van der Waals surface area contributed by atoms with Crippen molar-refractivity contribution in [1.82, 2.24) is 5.32 Å². The molecule has 0 saturated heterocycles. The van der Waals surface area contributed by atoms with Crippen LogP contribution in [0.2, 0.25) is 0 Å². The van der Waals surface area contributed by atoms with Crippen molar-refractivity contribution in [3.05, 3.63) is 17.7 Å². The van der Waals surface area contributed by atoms with Crippen LogP contribution in [0, 0.1) is 0 Å². The Hall–Kier alpha value is -2.24. The van der Waals surface area contributed by atoms with Crippen LogP contribution in [0.3, 0.4) is 0 Å². The smallest absolute Gasteiger partial charge is 0.319 e. The second-order valence-electron chi connectivity index (χ2n) is 4.50. The molecule has 0 heterocycles. The Balaban J connectivity index is 2.23. The van der Waals surface area contributed by atoms with Gasteiger partial charge < -0.3 is 20.5 Å². The zero-order valence-corrected chi connectivity index (χ0v) is 10.8. The first kappa shape index (κ1) is 13.2. The third-order valence-electron chi connectivity index (χ3n) is 2.86. The summed E-state index contributed by atoms with van der Waals surface area (Å²) in [6, 6.07) is 2.60. The molecule has 0 aromatic heterocycles. The summed E-state index contributed by atoms with van der Waals surface area (Å²) in [6.45, 7) is 1.34. The van der Waals surface area contributed by atoms with Crippen molar-refractivity contribution in [3.8, 4) is 11.5 Å². The van der Waals surface area contributed by atoms with Crippen LogP contribution in [-0.4, -0.2) is 30.1 Å².